The Kier molecular flexibility index (Phi) is 7.59. The van der Waals surface area contributed by atoms with E-state index in [-0.39, 0.29) is 11.8 Å². The molecule has 0 spiro atoms. The summed E-state index contributed by atoms with van der Waals surface area (Å²) < 4.78 is 5.60. The van der Waals surface area contributed by atoms with Gasteiger partial charge in [0.1, 0.15) is 5.76 Å². The molecule has 0 amide bonds. The molecule has 1 aromatic rings. The summed E-state index contributed by atoms with van der Waals surface area (Å²) in [6.07, 6.45) is 3.49. The molecule has 1 heterocycles. The molecule has 2 rings (SSSR count). The third-order valence-electron chi connectivity index (χ3n) is 6.15. The first-order valence-corrected chi connectivity index (χ1v) is 12.7. The molecule has 0 aliphatic carbocycles. The first kappa shape index (κ1) is 22.3. The topological polar surface area (TPSA) is 43.4 Å². The van der Waals surface area contributed by atoms with Gasteiger partial charge in [-0.2, -0.15) is 0 Å². The first-order valence-electron chi connectivity index (χ1n) is 10.4. The van der Waals surface area contributed by atoms with Crippen LogP contribution in [0.5, 0.6) is 0 Å². The Morgan fingerprint density at radius 3 is 2.11 bits per heavy atom. The van der Waals surface area contributed by atoms with E-state index in [4.69, 9.17) is 4.74 Å². The van der Waals surface area contributed by atoms with Crippen molar-refractivity contribution in [2.45, 2.75) is 77.4 Å². The van der Waals surface area contributed by atoms with Gasteiger partial charge in [-0.1, -0.05) is 77.6 Å². The second-order valence-corrected chi connectivity index (χ2v) is 14.5. The second-order valence-electron chi connectivity index (χ2n) is 8.71. The molecule has 0 radical (unpaired) electrons. The normalized spacial score (nSPS) is 16.2. The number of hydrogen-bond acceptors (Lipinski definition) is 3. The Morgan fingerprint density at radius 2 is 1.57 bits per heavy atom. The highest BCUT2D eigenvalue weighted by Gasteiger charge is 2.42. The van der Waals surface area contributed by atoms with Gasteiger partial charge in [-0.15, -0.1) is 0 Å². The Bertz CT molecular complexity index is 736. The number of cyclic esters (lactones) is 1. The minimum absolute atomic E-state index is 0.146. The van der Waals surface area contributed by atoms with E-state index in [0.717, 1.165) is 16.9 Å². The van der Waals surface area contributed by atoms with Crippen molar-refractivity contribution in [3.8, 4) is 0 Å². The average Bonchev–Trinajstić information content (AvgIpc) is 2.98. The van der Waals surface area contributed by atoms with Crippen molar-refractivity contribution in [1.29, 1.82) is 0 Å². The molecule has 0 atom stereocenters. The highest BCUT2D eigenvalue weighted by Crippen LogP contribution is 2.44. The number of carbonyl (C=O) groups excluding carboxylic acids is 2. The summed E-state index contributed by atoms with van der Waals surface area (Å²) in [7, 11) is -1.82. The molecule has 4 heteroatoms. The third-order valence-corrected chi connectivity index (χ3v) is 12.9. The number of rotatable bonds is 9. The van der Waals surface area contributed by atoms with Crippen molar-refractivity contribution in [2.75, 3.05) is 0 Å². The molecule has 0 N–H and O–H groups in total. The Morgan fingerprint density at radius 1 is 1.00 bits per heavy atom. The van der Waals surface area contributed by atoms with Crippen LogP contribution >= 0.6 is 0 Å². The monoisotopic (exact) mass is 398 g/mol. The minimum atomic E-state index is -1.82. The van der Waals surface area contributed by atoms with Gasteiger partial charge in [0.05, 0.1) is 8.07 Å². The van der Waals surface area contributed by atoms with Crippen LogP contribution in [0, 0.1) is 0 Å². The van der Waals surface area contributed by atoms with E-state index in [0.29, 0.717) is 35.9 Å². The highest BCUT2D eigenvalue weighted by molar-refractivity contribution is 6.88. The fourth-order valence-electron chi connectivity index (χ4n) is 4.67. The van der Waals surface area contributed by atoms with Gasteiger partial charge < -0.3 is 4.74 Å². The van der Waals surface area contributed by atoms with E-state index >= 15 is 0 Å². The smallest absolute Gasteiger partial charge is 0.336 e. The van der Waals surface area contributed by atoms with Crippen LogP contribution in [-0.2, 0) is 9.53 Å². The van der Waals surface area contributed by atoms with E-state index in [9.17, 15) is 9.59 Å². The van der Waals surface area contributed by atoms with Crippen LogP contribution in [0.2, 0.25) is 16.6 Å². The maximum atomic E-state index is 12.3. The van der Waals surface area contributed by atoms with E-state index in [1.807, 2.05) is 30.3 Å². The van der Waals surface area contributed by atoms with Crippen molar-refractivity contribution in [2.24, 2.45) is 0 Å². The average molecular weight is 399 g/mol. The molecule has 0 fully saturated rings. The Labute approximate surface area is 170 Å². The van der Waals surface area contributed by atoms with Crippen LogP contribution in [0.15, 0.2) is 53.4 Å². The molecule has 28 heavy (non-hydrogen) atoms. The number of esters is 1. The van der Waals surface area contributed by atoms with Crippen LogP contribution in [0.25, 0.3) is 0 Å². The maximum Gasteiger partial charge on any atom is 0.336 e. The van der Waals surface area contributed by atoms with Gasteiger partial charge in [-0.3, -0.25) is 4.79 Å². The SMILES string of the molecule is CC(C)[Si](/C=C1\OC(=O)C=C1CCCC(=O)c1ccccc1)(C(C)C)C(C)C. The largest absolute Gasteiger partial charge is 0.424 e. The van der Waals surface area contributed by atoms with Crippen LogP contribution in [-0.4, -0.2) is 19.8 Å². The molecule has 1 aliphatic heterocycles. The van der Waals surface area contributed by atoms with E-state index in [1.165, 1.54) is 0 Å². The molecule has 0 saturated carbocycles. The second kappa shape index (κ2) is 9.51. The summed E-state index contributed by atoms with van der Waals surface area (Å²) >= 11 is 0. The first-order chi connectivity index (χ1) is 13.2. The lowest BCUT2D eigenvalue weighted by molar-refractivity contribution is -0.132. The number of allylic oxidation sites excluding steroid dienone is 1. The van der Waals surface area contributed by atoms with Gasteiger partial charge >= 0.3 is 5.97 Å². The number of benzene rings is 1. The molecule has 0 aromatic heterocycles. The Balaban J connectivity index is 2.15. The molecule has 0 bridgehead atoms. The Hall–Kier alpha value is -1.94. The van der Waals surface area contributed by atoms with Crippen LogP contribution in [0.3, 0.4) is 0 Å². The summed E-state index contributed by atoms with van der Waals surface area (Å²) in [4.78, 5) is 24.3. The summed E-state index contributed by atoms with van der Waals surface area (Å²) in [6, 6.07) is 9.38. The van der Waals surface area contributed by atoms with Gasteiger partial charge in [0.15, 0.2) is 5.78 Å². The van der Waals surface area contributed by atoms with E-state index in [1.54, 1.807) is 6.08 Å². The van der Waals surface area contributed by atoms with Gasteiger partial charge in [0, 0.05) is 23.6 Å². The molecule has 0 unspecified atom stereocenters. The van der Waals surface area contributed by atoms with Gasteiger partial charge in [-0.05, 0) is 29.5 Å². The van der Waals surface area contributed by atoms with E-state index < -0.39 is 8.07 Å². The zero-order chi connectivity index (χ0) is 20.9. The van der Waals surface area contributed by atoms with Crippen LogP contribution in [0.4, 0.5) is 0 Å². The van der Waals surface area contributed by atoms with Crippen molar-refractivity contribution < 1.29 is 14.3 Å². The maximum absolute atomic E-state index is 12.3. The van der Waals surface area contributed by atoms with Gasteiger partial charge in [-0.25, -0.2) is 4.79 Å². The number of Topliss-reactive ketones (excluding diaryl/α,β-unsaturated/α-hetero) is 1. The molecular weight excluding hydrogens is 364 g/mol. The van der Waals surface area contributed by atoms with Gasteiger partial charge in [0.2, 0.25) is 0 Å². The molecule has 1 aromatic carbocycles. The highest BCUT2D eigenvalue weighted by atomic mass is 28.3. The van der Waals surface area contributed by atoms with Crippen LogP contribution in [0.1, 0.15) is 71.2 Å². The lowest BCUT2D eigenvalue weighted by Crippen LogP contribution is -2.43. The summed E-state index contributed by atoms with van der Waals surface area (Å²) in [5, 5.41) is 0. The molecule has 152 valence electrons. The lowest BCUT2D eigenvalue weighted by Gasteiger charge is -2.40. The van der Waals surface area contributed by atoms with Crippen LogP contribution < -0.4 is 0 Å². The fourth-order valence-corrected chi connectivity index (χ4v) is 10.4. The quantitative estimate of drug-likeness (QED) is 0.266. The summed E-state index contributed by atoms with van der Waals surface area (Å²) in [6.45, 7) is 13.8. The van der Waals surface area contributed by atoms with Crippen molar-refractivity contribution in [3.05, 3.63) is 59.0 Å². The molecule has 1 aliphatic rings. The predicted molar refractivity (Wildman–Crippen MR) is 118 cm³/mol. The fraction of sp³-hybridized carbons (Fsp3) is 0.500. The predicted octanol–water partition coefficient (Wildman–Crippen LogP) is 6.62. The number of ketones is 1. The standard InChI is InChI=1S/C24H34O3Si/c1-17(2)28(18(3)4,19(5)6)16-23-21(15-24(26)27-23)13-10-14-22(25)20-11-8-7-9-12-20/h7-9,11-12,15-19H,10,13-14H2,1-6H3/b23-16-. The van der Waals surface area contributed by atoms with Gasteiger partial charge in [0.25, 0.3) is 0 Å². The third kappa shape index (κ3) is 4.91. The summed E-state index contributed by atoms with van der Waals surface area (Å²) in [5.74, 6) is 0.613. The molecule has 3 nitrogen and oxygen atoms in total. The van der Waals surface area contributed by atoms with E-state index in [2.05, 4.69) is 47.2 Å². The molecule has 0 saturated heterocycles. The molecular formula is C24H34O3Si. The zero-order valence-corrected chi connectivity index (χ0v) is 19.1. The lowest BCUT2D eigenvalue weighted by atomic mass is 10.0. The van der Waals surface area contributed by atoms with Crippen molar-refractivity contribution >= 4 is 19.8 Å². The summed E-state index contributed by atoms with van der Waals surface area (Å²) in [5.41, 5.74) is 5.69. The van der Waals surface area contributed by atoms with Crippen molar-refractivity contribution in [1.82, 2.24) is 0 Å². The zero-order valence-electron chi connectivity index (χ0n) is 18.1. The number of ether oxygens (including phenoxy) is 1. The number of hydrogen-bond donors (Lipinski definition) is 0. The number of carbonyl (C=O) groups is 2. The minimum Gasteiger partial charge on any atom is -0.424 e. The van der Waals surface area contributed by atoms with Crippen molar-refractivity contribution in [3.63, 3.8) is 0 Å².